The van der Waals surface area contributed by atoms with Crippen LogP contribution in [0.15, 0.2) is 52.5 Å². The SMILES string of the molecule is Cc1nc(-c2ccc(NC(=O)Cc3csc(NC(=O)c4ccco4)n3)cc2)n[nH]1. The Kier molecular flexibility index (Phi) is 5.16. The van der Waals surface area contributed by atoms with Gasteiger partial charge >= 0.3 is 0 Å². The van der Waals surface area contributed by atoms with E-state index in [0.29, 0.717) is 22.3 Å². The summed E-state index contributed by atoms with van der Waals surface area (Å²) in [5.74, 6) is 0.943. The number of carbonyl (C=O) groups excluding carboxylic acids is 2. The summed E-state index contributed by atoms with van der Waals surface area (Å²) in [5, 5.41) is 14.5. The number of H-pyrrole nitrogens is 1. The summed E-state index contributed by atoms with van der Waals surface area (Å²) in [5.41, 5.74) is 2.08. The van der Waals surface area contributed by atoms with Gasteiger partial charge in [0.2, 0.25) is 5.91 Å². The van der Waals surface area contributed by atoms with Crippen LogP contribution >= 0.6 is 11.3 Å². The number of hydrogen-bond donors (Lipinski definition) is 3. The van der Waals surface area contributed by atoms with Crippen molar-refractivity contribution in [3.05, 3.63) is 65.3 Å². The summed E-state index contributed by atoms with van der Waals surface area (Å²) in [4.78, 5) is 32.8. The average molecular weight is 408 g/mol. The van der Waals surface area contributed by atoms with Gasteiger partial charge in [0, 0.05) is 16.6 Å². The third-order valence-electron chi connectivity index (χ3n) is 3.88. The zero-order valence-corrected chi connectivity index (χ0v) is 16.1. The highest BCUT2D eigenvalue weighted by atomic mass is 32.1. The Morgan fingerprint density at radius 1 is 1.14 bits per heavy atom. The van der Waals surface area contributed by atoms with Crippen molar-refractivity contribution in [3.63, 3.8) is 0 Å². The van der Waals surface area contributed by atoms with Gasteiger partial charge in [-0.15, -0.1) is 11.3 Å². The molecule has 0 aliphatic rings. The van der Waals surface area contributed by atoms with Crippen molar-refractivity contribution < 1.29 is 14.0 Å². The van der Waals surface area contributed by atoms with Crippen molar-refractivity contribution in [2.75, 3.05) is 10.6 Å². The molecule has 0 spiro atoms. The second-order valence-electron chi connectivity index (χ2n) is 6.12. The summed E-state index contributed by atoms with van der Waals surface area (Å²) in [7, 11) is 0. The second-order valence-corrected chi connectivity index (χ2v) is 6.98. The minimum atomic E-state index is -0.387. The number of amides is 2. The first-order chi connectivity index (χ1) is 14.1. The third-order valence-corrected chi connectivity index (χ3v) is 4.69. The van der Waals surface area contributed by atoms with E-state index < -0.39 is 0 Å². The van der Waals surface area contributed by atoms with Crippen LogP contribution in [0.3, 0.4) is 0 Å². The molecule has 10 heteroatoms. The molecule has 0 aliphatic heterocycles. The predicted molar refractivity (Wildman–Crippen MR) is 108 cm³/mol. The predicted octanol–water partition coefficient (Wildman–Crippen LogP) is 3.26. The molecule has 0 unspecified atom stereocenters. The van der Waals surface area contributed by atoms with Crippen molar-refractivity contribution in [1.82, 2.24) is 20.2 Å². The molecule has 2 amide bonds. The Morgan fingerprint density at radius 3 is 2.66 bits per heavy atom. The van der Waals surface area contributed by atoms with Gasteiger partial charge < -0.3 is 9.73 Å². The number of aromatic amines is 1. The van der Waals surface area contributed by atoms with Crippen LogP contribution in [0, 0.1) is 6.92 Å². The highest BCUT2D eigenvalue weighted by Crippen LogP contribution is 2.19. The van der Waals surface area contributed by atoms with Crippen molar-refractivity contribution >= 4 is 34.0 Å². The minimum Gasteiger partial charge on any atom is -0.459 e. The van der Waals surface area contributed by atoms with Crippen LogP contribution in [0.4, 0.5) is 10.8 Å². The number of anilines is 2. The number of aromatic nitrogens is 4. The lowest BCUT2D eigenvalue weighted by Gasteiger charge is -2.04. The maximum atomic E-state index is 12.3. The van der Waals surface area contributed by atoms with Gasteiger partial charge in [-0.05, 0) is 43.3 Å². The van der Waals surface area contributed by atoms with E-state index in [0.717, 1.165) is 11.4 Å². The van der Waals surface area contributed by atoms with Crippen LogP contribution < -0.4 is 10.6 Å². The van der Waals surface area contributed by atoms with E-state index >= 15 is 0 Å². The molecule has 0 radical (unpaired) electrons. The number of aryl methyl sites for hydroxylation is 1. The topological polar surface area (TPSA) is 126 Å². The smallest absolute Gasteiger partial charge is 0.293 e. The fraction of sp³-hybridized carbons (Fsp3) is 0.105. The molecule has 9 nitrogen and oxygen atoms in total. The largest absolute Gasteiger partial charge is 0.459 e. The van der Waals surface area contributed by atoms with Crippen LogP contribution in [0.2, 0.25) is 0 Å². The molecule has 0 saturated heterocycles. The van der Waals surface area contributed by atoms with Crippen molar-refractivity contribution in [1.29, 1.82) is 0 Å². The summed E-state index contributed by atoms with van der Waals surface area (Å²) < 4.78 is 5.03. The highest BCUT2D eigenvalue weighted by Gasteiger charge is 2.13. The molecule has 4 aromatic rings. The van der Waals surface area contributed by atoms with E-state index in [2.05, 4.69) is 30.8 Å². The van der Waals surface area contributed by atoms with E-state index in [1.807, 2.05) is 19.1 Å². The van der Waals surface area contributed by atoms with Crippen LogP contribution in [0.1, 0.15) is 22.1 Å². The summed E-state index contributed by atoms with van der Waals surface area (Å²) in [6.45, 7) is 1.83. The van der Waals surface area contributed by atoms with E-state index in [4.69, 9.17) is 4.42 Å². The normalized spacial score (nSPS) is 10.7. The maximum Gasteiger partial charge on any atom is 0.293 e. The standard InChI is InChI=1S/C19H16N6O3S/c1-11-20-17(25-24-11)12-4-6-13(7-5-12)21-16(26)9-14-10-29-19(22-14)23-18(27)15-3-2-8-28-15/h2-8,10H,9H2,1H3,(H,21,26)(H,20,24,25)(H,22,23,27). The molecular weight excluding hydrogens is 392 g/mol. The number of nitrogens with one attached hydrogen (secondary N) is 3. The Hall–Kier alpha value is -3.79. The molecule has 0 atom stereocenters. The molecule has 3 aromatic heterocycles. The summed E-state index contributed by atoms with van der Waals surface area (Å²) in [6.07, 6.45) is 1.51. The van der Waals surface area contributed by atoms with Crippen molar-refractivity contribution in [2.24, 2.45) is 0 Å². The van der Waals surface area contributed by atoms with E-state index in [9.17, 15) is 9.59 Å². The minimum absolute atomic E-state index is 0.0923. The summed E-state index contributed by atoms with van der Waals surface area (Å²) >= 11 is 1.24. The second kappa shape index (κ2) is 8.07. The first kappa shape index (κ1) is 18.6. The molecular formula is C19H16N6O3S. The van der Waals surface area contributed by atoms with Gasteiger partial charge in [-0.25, -0.2) is 9.97 Å². The molecule has 3 N–H and O–H groups in total. The van der Waals surface area contributed by atoms with Crippen molar-refractivity contribution in [3.8, 4) is 11.4 Å². The Morgan fingerprint density at radius 2 is 1.97 bits per heavy atom. The first-order valence-corrected chi connectivity index (χ1v) is 9.53. The van der Waals surface area contributed by atoms with Gasteiger partial charge in [-0.2, -0.15) is 5.10 Å². The fourth-order valence-corrected chi connectivity index (χ4v) is 3.26. The fourth-order valence-electron chi connectivity index (χ4n) is 2.56. The van der Waals surface area contributed by atoms with Crippen LogP contribution in [-0.4, -0.2) is 32.0 Å². The number of carbonyl (C=O) groups is 2. The molecule has 0 fully saturated rings. The number of nitrogens with zero attached hydrogens (tertiary/aromatic N) is 3. The Bertz CT molecular complexity index is 1130. The van der Waals surface area contributed by atoms with Gasteiger partial charge in [0.15, 0.2) is 16.7 Å². The zero-order valence-electron chi connectivity index (χ0n) is 15.3. The van der Waals surface area contributed by atoms with Gasteiger partial charge in [-0.3, -0.25) is 20.0 Å². The molecule has 0 aliphatic carbocycles. The zero-order chi connectivity index (χ0) is 20.2. The number of thiazole rings is 1. The Balaban J connectivity index is 1.33. The van der Waals surface area contributed by atoms with Crippen LogP contribution in [0.25, 0.3) is 11.4 Å². The van der Waals surface area contributed by atoms with E-state index in [1.165, 1.54) is 17.6 Å². The van der Waals surface area contributed by atoms with E-state index in [-0.39, 0.29) is 24.0 Å². The molecule has 0 saturated carbocycles. The van der Waals surface area contributed by atoms with E-state index in [1.54, 1.807) is 29.6 Å². The number of rotatable bonds is 6. The highest BCUT2D eigenvalue weighted by molar-refractivity contribution is 7.14. The first-order valence-electron chi connectivity index (χ1n) is 8.65. The summed E-state index contributed by atoms with van der Waals surface area (Å²) in [6, 6.07) is 10.4. The van der Waals surface area contributed by atoms with Gasteiger partial charge in [0.1, 0.15) is 5.82 Å². The molecule has 3 heterocycles. The Labute approximate surface area is 169 Å². The molecule has 4 rings (SSSR count). The molecule has 29 heavy (non-hydrogen) atoms. The van der Waals surface area contributed by atoms with Gasteiger partial charge in [0.25, 0.3) is 5.91 Å². The van der Waals surface area contributed by atoms with Crippen LogP contribution in [0.5, 0.6) is 0 Å². The molecule has 1 aromatic carbocycles. The quantitative estimate of drug-likeness (QED) is 0.450. The number of hydrogen-bond acceptors (Lipinski definition) is 7. The van der Waals surface area contributed by atoms with Gasteiger partial charge in [-0.1, -0.05) is 0 Å². The molecule has 146 valence electrons. The van der Waals surface area contributed by atoms with Crippen molar-refractivity contribution in [2.45, 2.75) is 13.3 Å². The number of benzene rings is 1. The van der Waals surface area contributed by atoms with Crippen LogP contribution in [-0.2, 0) is 11.2 Å². The number of furan rings is 1. The van der Waals surface area contributed by atoms with Gasteiger partial charge in [0.05, 0.1) is 18.4 Å². The monoisotopic (exact) mass is 408 g/mol. The lowest BCUT2D eigenvalue weighted by Crippen LogP contribution is -2.15. The third kappa shape index (κ3) is 4.55. The average Bonchev–Trinajstić information content (AvgIpc) is 3.45. The lowest BCUT2D eigenvalue weighted by molar-refractivity contribution is -0.115. The molecule has 0 bridgehead atoms. The maximum absolute atomic E-state index is 12.3. The lowest BCUT2D eigenvalue weighted by atomic mass is 10.2.